The highest BCUT2D eigenvalue weighted by molar-refractivity contribution is 5.98. The molecule has 0 fully saturated rings. The van der Waals surface area contributed by atoms with E-state index in [1.54, 1.807) is 36.4 Å². The van der Waals surface area contributed by atoms with Gasteiger partial charge < -0.3 is 30.9 Å². The van der Waals surface area contributed by atoms with Gasteiger partial charge in [-0.3, -0.25) is 23.5 Å². The number of anilines is 2. The number of hydrogen-bond donors (Lipinski definition) is 4. The van der Waals surface area contributed by atoms with Gasteiger partial charge in [0, 0.05) is 58.7 Å². The first-order valence-corrected chi connectivity index (χ1v) is 25.5. The fourth-order valence-corrected chi connectivity index (χ4v) is 8.70. The number of para-hydroxylation sites is 2. The van der Waals surface area contributed by atoms with Crippen LogP contribution < -0.4 is 27.1 Å². The molecule has 77 heavy (non-hydrogen) atoms. The lowest BCUT2D eigenvalue weighted by Crippen LogP contribution is -2.30. The molecule has 20 heteroatoms. The summed E-state index contributed by atoms with van der Waals surface area (Å²) in [5, 5.41) is 19.4. The number of carbonyl (C=O) groups is 2. The summed E-state index contributed by atoms with van der Waals surface area (Å²) in [6.45, 7) is 18.6. The number of nitrogens with one attached hydrogen (secondary N) is 3. The molecule has 0 saturated heterocycles. The smallest absolute Gasteiger partial charge is 0.335 e. The topological polar surface area (TPSA) is 192 Å². The number of pyridine rings is 2. The van der Waals surface area contributed by atoms with Gasteiger partial charge in [-0.15, -0.1) is 0 Å². The lowest BCUT2D eigenvalue weighted by Gasteiger charge is -2.18. The van der Waals surface area contributed by atoms with Crippen molar-refractivity contribution in [2.24, 2.45) is 0 Å². The van der Waals surface area contributed by atoms with Crippen LogP contribution in [0.15, 0.2) is 119 Å². The van der Waals surface area contributed by atoms with Gasteiger partial charge in [0.25, 0.3) is 17.0 Å². The second-order valence-corrected chi connectivity index (χ2v) is 18.1. The van der Waals surface area contributed by atoms with Crippen molar-refractivity contribution >= 4 is 45.8 Å². The Bertz CT molecular complexity index is 3490. The normalized spacial score (nSPS) is 11.3. The van der Waals surface area contributed by atoms with Crippen LogP contribution in [0.25, 0.3) is 56.0 Å². The third-order valence-corrected chi connectivity index (χ3v) is 12.7. The summed E-state index contributed by atoms with van der Waals surface area (Å²) in [4.78, 5) is 73.2. The molecule has 0 atom stereocenters. The number of benzene rings is 4. The number of aromatic nitrogens is 6. The maximum Gasteiger partial charge on any atom is 0.335 e. The lowest BCUT2D eigenvalue weighted by molar-refractivity contribution is 0.0696. The van der Waals surface area contributed by atoms with Gasteiger partial charge in [-0.2, -0.15) is 9.97 Å². The van der Waals surface area contributed by atoms with Gasteiger partial charge in [-0.05, 0) is 127 Å². The standard InChI is InChI=1S/C30H34F2N6O2.C27H27F2N5O3/c1-5-37(6-2)17-9-16-33-30-35-26(20-10-7-11-21(18-20)29(40)34-19(3)4)22-14-15-25(39)38(28(22)36-30)27-23(31)12-8-13-24(27)32;1-3-33(4-2)15-7-14-30-27-31-23(17-8-5-9-18(16-17)26(36)37)19-12-13-22(35)34(25(19)32-27)24-20(28)10-6-11-21(24)29/h7-8,10-15,18-19H,5-6,9,16-17H2,1-4H3,(H,34,40)(H,33,35,36);5-6,8-13,16H,3-4,7,14-15H2,1-2H3,(H,36,37)(H,30,31,32). The van der Waals surface area contributed by atoms with Gasteiger partial charge >= 0.3 is 5.97 Å². The van der Waals surface area contributed by atoms with Crippen molar-refractivity contribution in [3.8, 4) is 33.9 Å². The Morgan fingerprint density at radius 2 is 0.948 bits per heavy atom. The molecule has 1 amide bonds. The Labute approximate surface area is 442 Å². The molecule has 0 unspecified atom stereocenters. The molecule has 0 saturated carbocycles. The van der Waals surface area contributed by atoms with E-state index in [4.69, 9.17) is 4.98 Å². The van der Waals surface area contributed by atoms with E-state index >= 15 is 0 Å². The van der Waals surface area contributed by atoms with Crippen molar-refractivity contribution in [1.29, 1.82) is 0 Å². The summed E-state index contributed by atoms with van der Waals surface area (Å²) in [6.07, 6.45) is 1.60. The van der Waals surface area contributed by atoms with E-state index in [9.17, 15) is 41.8 Å². The van der Waals surface area contributed by atoms with Crippen LogP contribution in [0.1, 0.15) is 75.1 Å². The average molecular weight is 1060 g/mol. The molecular formula is C57H61F4N11O5. The van der Waals surface area contributed by atoms with E-state index in [1.807, 2.05) is 13.8 Å². The first-order chi connectivity index (χ1) is 37.1. The Balaban J connectivity index is 0.000000224. The number of hydrogen-bond acceptors (Lipinski definition) is 12. The van der Waals surface area contributed by atoms with Crippen LogP contribution in [0.2, 0.25) is 0 Å². The predicted molar refractivity (Wildman–Crippen MR) is 292 cm³/mol. The van der Waals surface area contributed by atoms with Crippen molar-refractivity contribution < 1.29 is 32.3 Å². The van der Waals surface area contributed by atoms with E-state index in [0.717, 1.165) is 85.5 Å². The summed E-state index contributed by atoms with van der Waals surface area (Å²) in [7, 11) is 0. The zero-order valence-corrected chi connectivity index (χ0v) is 43.7. The highest BCUT2D eigenvalue weighted by Gasteiger charge is 2.23. The number of aromatic carboxylic acids is 1. The highest BCUT2D eigenvalue weighted by atomic mass is 19.1. The Kier molecular flexibility index (Phi) is 19.0. The van der Waals surface area contributed by atoms with Crippen molar-refractivity contribution in [3.63, 3.8) is 0 Å². The minimum Gasteiger partial charge on any atom is -0.478 e. The summed E-state index contributed by atoms with van der Waals surface area (Å²) >= 11 is 0. The molecule has 0 bridgehead atoms. The zero-order chi connectivity index (χ0) is 55.3. The summed E-state index contributed by atoms with van der Waals surface area (Å²) < 4.78 is 61.2. The monoisotopic (exact) mass is 1060 g/mol. The van der Waals surface area contributed by atoms with Crippen LogP contribution in [0.5, 0.6) is 0 Å². The number of halogens is 4. The molecule has 0 aliphatic rings. The van der Waals surface area contributed by atoms with Gasteiger partial charge in [-0.25, -0.2) is 32.3 Å². The number of fused-ring (bicyclic) bond motifs is 2. The molecule has 8 aromatic rings. The fourth-order valence-electron chi connectivity index (χ4n) is 8.70. The van der Waals surface area contributed by atoms with Crippen molar-refractivity contribution in [2.75, 3.05) is 63.0 Å². The number of carboxylic acids is 1. The van der Waals surface area contributed by atoms with Gasteiger partial charge in [0.05, 0.1) is 17.0 Å². The molecule has 4 heterocycles. The number of nitrogens with zero attached hydrogens (tertiary/aromatic N) is 8. The first-order valence-electron chi connectivity index (χ1n) is 25.5. The SMILES string of the molecule is CCN(CC)CCCNc1nc(-c2cccc(C(=O)NC(C)C)c2)c2ccc(=O)n(-c3c(F)cccc3F)c2n1.CCN(CC)CCCNc1nc(-c2cccc(C(=O)O)c2)c2ccc(=O)n(-c3c(F)cccc3F)c2n1. The van der Waals surface area contributed by atoms with Crippen LogP contribution in [-0.2, 0) is 0 Å². The number of rotatable bonds is 21. The first kappa shape index (κ1) is 56.4. The summed E-state index contributed by atoms with van der Waals surface area (Å²) in [6, 6.07) is 25.2. The largest absolute Gasteiger partial charge is 0.478 e. The van der Waals surface area contributed by atoms with Gasteiger partial charge in [-0.1, -0.05) is 64.1 Å². The molecular weight excluding hydrogens is 995 g/mol. The van der Waals surface area contributed by atoms with Crippen LogP contribution in [0.4, 0.5) is 29.5 Å². The molecule has 4 N–H and O–H groups in total. The summed E-state index contributed by atoms with van der Waals surface area (Å²) in [5.74, 6) is -4.62. The number of amides is 1. The minimum absolute atomic E-state index is 0.00605. The molecule has 4 aromatic heterocycles. The molecule has 402 valence electrons. The Morgan fingerprint density at radius 1 is 0.558 bits per heavy atom. The second-order valence-electron chi connectivity index (χ2n) is 18.1. The van der Waals surface area contributed by atoms with Gasteiger partial charge in [0.2, 0.25) is 11.9 Å². The van der Waals surface area contributed by atoms with Crippen LogP contribution in [0.3, 0.4) is 0 Å². The van der Waals surface area contributed by atoms with Crippen molar-refractivity contribution in [2.45, 2.75) is 60.4 Å². The zero-order valence-electron chi connectivity index (χ0n) is 43.7. The van der Waals surface area contributed by atoms with Crippen LogP contribution >= 0.6 is 0 Å². The second kappa shape index (κ2) is 25.9. The average Bonchev–Trinajstić information content (AvgIpc) is 3.44. The third kappa shape index (κ3) is 13.4. The number of carboxylic acid groups (broad SMARTS) is 1. The van der Waals surface area contributed by atoms with Gasteiger partial charge in [0.1, 0.15) is 34.6 Å². The Morgan fingerprint density at radius 3 is 1.34 bits per heavy atom. The summed E-state index contributed by atoms with van der Waals surface area (Å²) in [5.41, 5.74) is -0.0658. The molecule has 0 radical (unpaired) electrons. The quantitative estimate of drug-likeness (QED) is 0.0393. The number of carbonyl (C=O) groups excluding carboxylic acids is 1. The predicted octanol–water partition coefficient (Wildman–Crippen LogP) is 9.58. The maximum atomic E-state index is 14.9. The fraction of sp³-hybridized carbons (Fsp3) is 0.298. The van der Waals surface area contributed by atoms with E-state index < -0.39 is 51.7 Å². The Hall–Kier alpha value is -8.36. The van der Waals surface area contributed by atoms with Gasteiger partial charge in [0.15, 0.2) is 11.3 Å². The van der Waals surface area contributed by atoms with Crippen molar-refractivity contribution in [1.82, 2.24) is 44.2 Å². The van der Waals surface area contributed by atoms with E-state index in [1.165, 1.54) is 48.5 Å². The van der Waals surface area contributed by atoms with E-state index in [2.05, 4.69) is 68.4 Å². The van der Waals surface area contributed by atoms with E-state index in [0.29, 0.717) is 51.9 Å². The third-order valence-electron chi connectivity index (χ3n) is 12.7. The molecule has 0 spiro atoms. The maximum absolute atomic E-state index is 14.9. The van der Waals surface area contributed by atoms with Crippen LogP contribution in [-0.4, -0.2) is 114 Å². The minimum atomic E-state index is -1.11. The molecule has 0 aliphatic heterocycles. The molecule has 8 rings (SSSR count). The van der Waals surface area contributed by atoms with Crippen molar-refractivity contribution in [3.05, 3.63) is 164 Å². The molecule has 0 aliphatic carbocycles. The van der Waals surface area contributed by atoms with Crippen LogP contribution in [0, 0.1) is 23.3 Å². The molecule has 4 aromatic carbocycles. The highest BCUT2D eigenvalue weighted by Crippen LogP contribution is 2.32. The lowest BCUT2D eigenvalue weighted by atomic mass is 10.0. The molecule has 16 nitrogen and oxygen atoms in total. The van der Waals surface area contributed by atoms with E-state index in [-0.39, 0.29) is 40.7 Å².